The Kier molecular flexibility index (Phi) is 3.08. The van der Waals surface area contributed by atoms with Crippen molar-refractivity contribution in [2.45, 2.75) is 18.6 Å². The molecule has 1 aliphatic rings. The summed E-state index contributed by atoms with van der Waals surface area (Å²) in [6, 6.07) is 10.7. The van der Waals surface area contributed by atoms with Crippen molar-refractivity contribution in [3.8, 4) is 5.75 Å². The topological polar surface area (TPSA) is 60.7 Å². The number of rotatable bonds is 2. The summed E-state index contributed by atoms with van der Waals surface area (Å²) >= 11 is 0. The summed E-state index contributed by atoms with van der Waals surface area (Å²) in [5.41, 5.74) is 2.98. The molecule has 0 heterocycles. The standard InChI is InChI=1S/C17H16O3/c1-2-5-10-8-9-13-14(15(10)18)17(20)12-7-4-3-6-11(12)16(13)19/h2-4,6-9,16-20H,1,5H2/t16-,17+/m1/s1. The van der Waals surface area contributed by atoms with Crippen molar-refractivity contribution >= 4 is 0 Å². The summed E-state index contributed by atoms with van der Waals surface area (Å²) in [6.07, 6.45) is 0.465. The van der Waals surface area contributed by atoms with Gasteiger partial charge in [-0.3, -0.25) is 0 Å². The van der Waals surface area contributed by atoms with Gasteiger partial charge in [0, 0.05) is 5.56 Å². The molecule has 0 aromatic heterocycles. The zero-order chi connectivity index (χ0) is 14.3. The molecule has 2 atom stereocenters. The predicted molar refractivity (Wildman–Crippen MR) is 76.6 cm³/mol. The maximum atomic E-state index is 10.5. The van der Waals surface area contributed by atoms with E-state index in [-0.39, 0.29) is 5.75 Å². The van der Waals surface area contributed by atoms with Gasteiger partial charge in [0.25, 0.3) is 0 Å². The molecule has 0 bridgehead atoms. The van der Waals surface area contributed by atoms with Gasteiger partial charge in [-0.05, 0) is 28.7 Å². The first-order valence-electron chi connectivity index (χ1n) is 6.55. The highest BCUT2D eigenvalue weighted by Crippen LogP contribution is 2.45. The molecule has 0 unspecified atom stereocenters. The average Bonchev–Trinajstić information content (AvgIpc) is 2.47. The third-order valence-corrected chi connectivity index (χ3v) is 3.85. The predicted octanol–water partition coefficient (Wildman–Crippen LogP) is 2.60. The van der Waals surface area contributed by atoms with Crippen LogP contribution >= 0.6 is 0 Å². The molecule has 2 aromatic carbocycles. The fraction of sp³-hybridized carbons (Fsp3) is 0.176. The van der Waals surface area contributed by atoms with Crippen LogP contribution in [0.4, 0.5) is 0 Å². The zero-order valence-electron chi connectivity index (χ0n) is 11.0. The highest BCUT2D eigenvalue weighted by atomic mass is 16.3. The third kappa shape index (κ3) is 1.75. The lowest BCUT2D eigenvalue weighted by Gasteiger charge is -2.30. The lowest BCUT2D eigenvalue weighted by molar-refractivity contribution is 0.170. The number of aromatic hydroxyl groups is 1. The van der Waals surface area contributed by atoms with Crippen LogP contribution < -0.4 is 0 Å². The van der Waals surface area contributed by atoms with E-state index in [0.717, 1.165) is 0 Å². The summed E-state index contributed by atoms with van der Waals surface area (Å²) in [7, 11) is 0. The van der Waals surface area contributed by atoms with Crippen LogP contribution in [0, 0.1) is 0 Å². The molecule has 3 nitrogen and oxygen atoms in total. The van der Waals surface area contributed by atoms with Gasteiger partial charge in [-0.15, -0.1) is 6.58 Å². The molecule has 0 saturated heterocycles. The number of aliphatic hydroxyl groups is 2. The van der Waals surface area contributed by atoms with Crippen LogP contribution in [-0.4, -0.2) is 15.3 Å². The fourth-order valence-electron chi connectivity index (χ4n) is 2.85. The van der Waals surface area contributed by atoms with E-state index in [4.69, 9.17) is 0 Å². The minimum absolute atomic E-state index is 0.0449. The number of aliphatic hydroxyl groups excluding tert-OH is 2. The smallest absolute Gasteiger partial charge is 0.125 e. The Bertz CT molecular complexity index is 676. The highest BCUT2D eigenvalue weighted by Gasteiger charge is 2.32. The van der Waals surface area contributed by atoms with E-state index in [0.29, 0.717) is 34.2 Å². The monoisotopic (exact) mass is 268 g/mol. The van der Waals surface area contributed by atoms with Crippen molar-refractivity contribution in [2.75, 3.05) is 0 Å². The number of allylic oxidation sites excluding steroid dienone is 1. The molecule has 3 N–H and O–H groups in total. The van der Waals surface area contributed by atoms with Gasteiger partial charge in [-0.25, -0.2) is 0 Å². The molecule has 1 aliphatic carbocycles. The molecule has 3 rings (SSSR count). The van der Waals surface area contributed by atoms with Crippen LogP contribution in [0.3, 0.4) is 0 Å². The van der Waals surface area contributed by atoms with Crippen LogP contribution in [0.1, 0.15) is 40.0 Å². The Morgan fingerprint density at radius 3 is 2.25 bits per heavy atom. The Hall–Kier alpha value is -2.10. The number of benzene rings is 2. The second kappa shape index (κ2) is 4.78. The zero-order valence-corrected chi connectivity index (χ0v) is 11.0. The molecular formula is C17H16O3. The van der Waals surface area contributed by atoms with E-state index in [1.54, 1.807) is 30.3 Å². The quantitative estimate of drug-likeness (QED) is 0.734. The Balaban J connectivity index is 2.22. The third-order valence-electron chi connectivity index (χ3n) is 3.85. The van der Waals surface area contributed by atoms with Gasteiger partial charge in [-0.1, -0.05) is 42.5 Å². The van der Waals surface area contributed by atoms with E-state index in [2.05, 4.69) is 6.58 Å². The maximum absolute atomic E-state index is 10.5. The van der Waals surface area contributed by atoms with E-state index in [9.17, 15) is 15.3 Å². The molecule has 0 fully saturated rings. The Morgan fingerprint density at radius 1 is 0.950 bits per heavy atom. The minimum Gasteiger partial charge on any atom is -0.507 e. The van der Waals surface area contributed by atoms with E-state index < -0.39 is 12.2 Å². The second-order valence-corrected chi connectivity index (χ2v) is 5.00. The van der Waals surface area contributed by atoms with Gasteiger partial charge in [0.1, 0.15) is 18.0 Å². The van der Waals surface area contributed by atoms with Crippen LogP contribution in [0.25, 0.3) is 0 Å². The van der Waals surface area contributed by atoms with Crippen molar-refractivity contribution in [3.05, 3.63) is 76.9 Å². The van der Waals surface area contributed by atoms with E-state index in [1.165, 1.54) is 0 Å². The summed E-state index contributed by atoms with van der Waals surface area (Å²) in [6.45, 7) is 3.66. The molecule has 0 aliphatic heterocycles. The molecule has 102 valence electrons. The first-order valence-corrected chi connectivity index (χ1v) is 6.55. The van der Waals surface area contributed by atoms with Gasteiger partial charge in [-0.2, -0.15) is 0 Å². The fourth-order valence-corrected chi connectivity index (χ4v) is 2.85. The molecule has 0 spiro atoms. The molecule has 0 amide bonds. The van der Waals surface area contributed by atoms with Crippen LogP contribution in [-0.2, 0) is 6.42 Å². The van der Waals surface area contributed by atoms with Crippen LogP contribution in [0.2, 0.25) is 0 Å². The number of phenolic OH excluding ortho intramolecular Hbond substituents is 1. The molecule has 0 saturated carbocycles. The number of hydrogen-bond acceptors (Lipinski definition) is 3. The first-order chi connectivity index (χ1) is 9.65. The highest BCUT2D eigenvalue weighted by molar-refractivity contribution is 5.57. The Morgan fingerprint density at radius 2 is 1.60 bits per heavy atom. The normalized spacial score (nSPS) is 20.1. The second-order valence-electron chi connectivity index (χ2n) is 5.00. The van der Waals surface area contributed by atoms with Crippen molar-refractivity contribution in [1.82, 2.24) is 0 Å². The molecular weight excluding hydrogens is 252 g/mol. The lowest BCUT2D eigenvalue weighted by Crippen LogP contribution is -2.18. The van der Waals surface area contributed by atoms with Crippen molar-refractivity contribution in [2.24, 2.45) is 0 Å². The van der Waals surface area contributed by atoms with Gasteiger partial charge in [0.15, 0.2) is 0 Å². The van der Waals surface area contributed by atoms with Crippen molar-refractivity contribution in [3.63, 3.8) is 0 Å². The van der Waals surface area contributed by atoms with E-state index >= 15 is 0 Å². The van der Waals surface area contributed by atoms with Crippen molar-refractivity contribution < 1.29 is 15.3 Å². The van der Waals surface area contributed by atoms with Gasteiger partial charge in [0.2, 0.25) is 0 Å². The van der Waals surface area contributed by atoms with E-state index in [1.807, 2.05) is 12.1 Å². The molecule has 20 heavy (non-hydrogen) atoms. The minimum atomic E-state index is -0.922. The Labute approximate surface area is 117 Å². The van der Waals surface area contributed by atoms with Gasteiger partial charge in [0.05, 0.1) is 0 Å². The summed E-state index contributed by atoms with van der Waals surface area (Å²) < 4.78 is 0. The number of fused-ring (bicyclic) bond motifs is 2. The van der Waals surface area contributed by atoms with Gasteiger partial charge < -0.3 is 15.3 Å². The van der Waals surface area contributed by atoms with Crippen LogP contribution in [0.5, 0.6) is 5.75 Å². The van der Waals surface area contributed by atoms with Crippen molar-refractivity contribution in [1.29, 1.82) is 0 Å². The molecule has 3 heteroatoms. The summed E-state index contributed by atoms with van der Waals surface area (Å²) in [5.74, 6) is 0.0449. The SMILES string of the molecule is C=CCc1ccc2c(c1O)[C@@H](O)c1ccccc1[C@H]2O. The maximum Gasteiger partial charge on any atom is 0.125 e. The molecule has 0 radical (unpaired) electrons. The number of phenols is 1. The van der Waals surface area contributed by atoms with Crippen LogP contribution in [0.15, 0.2) is 49.1 Å². The van der Waals surface area contributed by atoms with Gasteiger partial charge >= 0.3 is 0 Å². The summed E-state index contributed by atoms with van der Waals surface area (Å²) in [5, 5.41) is 31.3. The molecule has 2 aromatic rings. The average molecular weight is 268 g/mol. The summed E-state index contributed by atoms with van der Waals surface area (Å²) in [4.78, 5) is 0. The number of hydrogen-bond donors (Lipinski definition) is 3. The largest absolute Gasteiger partial charge is 0.507 e. The first kappa shape index (κ1) is 12.9. The lowest BCUT2D eigenvalue weighted by atomic mass is 9.80.